The van der Waals surface area contributed by atoms with E-state index >= 15 is 0 Å². The SMILES string of the molecule is CN1CCN(c2ccc(NCCC(=O)NC3CCCCCC3)cc2)CC1. The normalized spacial score (nSPS) is 19.8. The van der Waals surface area contributed by atoms with Crippen LogP contribution in [0.3, 0.4) is 0 Å². The van der Waals surface area contributed by atoms with Gasteiger partial charge in [0.1, 0.15) is 0 Å². The molecule has 5 nitrogen and oxygen atoms in total. The van der Waals surface area contributed by atoms with Crippen LogP contribution in [0.1, 0.15) is 44.9 Å². The van der Waals surface area contributed by atoms with Gasteiger partial charge in [0.25, 0.3) is 0 Å². The summed E-state index contributed by atoms with van der Waals surface area (Å²) in [6.07, 6.45) is 7.97. The zero-order chi connectivity index (χ0) is 18.2. The molecule has 0 unspecified atom stereocenters. The molecule has 0 aromatic heterocycles. The number of nitrogens with zero attached hydrogens (tertiary/aromatic N) is 2. The van der Waals surface area contributed by atoms with Gasteiger partial charge in [0.05, 0.1) is 0 Å². The molecular weight excluding hydrogens is 324 g/mol. The van der Waals surface area contributed by atoms with Crippen molar-refractivity contribution in [2.75, 3.05) is 50.0 Å². The van der Waals surface area contributed by atoms with Crippen molar-refractivity contribution in [2.45, 2.75) is 51.0 Å². The molecule has 0 radical (unpaired) electrons. The number of amides is 1. The maximum Gasteiger partial charge on any atom is 0.221 e. The molecule has 0 atom stereocenters. The first kappa shape index (κ1) is 19.0. The van der Waals surface area contributed by atoms with Crippen LogP contribution < -0.4 is 15.5 Å². The first-order chi connectivity index (χ1) is 12.7. The van der Waals surface area contributed by atoms with Crippen LogP contribution in [0.5, 0.6) is 0 Å². The number of likely N-dealkylation sites (N-methyl/N-ethyl adjacent to an activating group) is 1. The van der Waals surface area contributed by atoms with E-state index in [4.69, 9.17) is 0 Å². The Morgan fingerprint density at radius 3 is 2.31 bits per heavy atom. The van der Waals surface area contributed by atoms with Crippen molar-refractivity contribution in [3.63, 3.8) is 0 Å². The number of nitrogens with one attached hydrogen (secondary N) is 2. The highest BCUT2D eigenvalue weighted by molar-refractivity contribution is 5.76. The molecule has 3 rings (SSSR count). The Morgan fingerprint density at radius 2 is 1.65 bits per heavy atom. The Balaban J connectivity index is 1.37. The van der Waals surface area contributed by atoms with Gasteiger partial charge < -0.3 is 20.4 Å². The van der Waals surface area contributed by atoms with Crippen molar-refractivity contribution in [1.82, 2.24) is 10.2 Å². The number of benzene rings is 1. The molecule has 2 fully saturated rings. The molecule has 0 spiro atoms. The largest absolute Gasteiger partial charge is 0.385 e. The van der Waals surface area contributed by atoms with Crippen molar-refractivity contribution in [3.8, 4) is 0 Å². The molecule has 1 heterocycles. The predicted molar refractivity (Wildman–Crippen MR) is 109 cm³/mol. The lowest BCUT2D eigenvalue weighted by atomic mass is 10.1. The highest BCUT2D eigenvalue weighted by atomic mass is 16.1. The van der Waals surface area contributed by atoms with Crippen molar-refractivity contribution < 1.29 is 4.79 Å². The van der Waals surface area contributed by atoms with Crippen LogP contribution in [-0.4, -0.2) is 56.6 Å². The van der Waals surface area contributed by atoms with Gasteiger partial charge in [-0.1, -0.05) is 25.7 Å². The minimum atomic E-state index is 0.179. The molecule has 2 N–H and O–H groups in total. The van der Waals surface area contributed by atoms with Crippen molar-refractivity contribution in [1.29, 1.82) is 0 Å². The Bertz CT molecular complexity index is 544. The number of piperazine rings is 1. The zero-order valence-electron chi connectivity index (χ0n) is 16.2. The van der Waals surface area contributed by atoms with E-state index in [-0.39, 0.29) is 5.91 Å². The van der Waals surface area contributed by atoms with E-state index in [1.54, 1.807) is 0 Å². The van der Waals surface area contributed by atoms with Gasteiger partial charge in [-0.3, -0.25) is 4.79 Å². The first-order valence-corrected chi connectivity index (χ1v) is 10.3. The highest BCUT2D eigenvalue weighted by Crippen LogP contribution is 2.19. The van der Waals surface area contributed by atoms with Crippen LogP contribution in [0.25, 0.3) is 0 Å². The third kappa shape index (κ3) is 5.90. The number of hydrogen-bond donors (Lipinski definition) is 2. The second kappa shape index (κ2) is 9.81. The van der Waals surface area contributed by atoms with Crippen molar-refractivity contribution in [2.24, 2.45) is 0 Å². The fraction of sp³-hybridized carbons (Fsp3) is 0.667. The fourth-order valence-corrected chi connectivity index (χ4v) is 3.90. The van der Waals surface area contributed by atoms with Gasteiger partial charge in [-0.15, -0.1) is 0 Å². The van der Waals surface area contributed by atoms with Gasteiger partial charge >= 0.3 is 0 Å². The van der Waals surface area contributed by atoms with Crippen LogP contribution in [-0.2, 0) is 4.79 Å². The first-order valence-electron chi connectivity index (χ1n) is 10.3. The van der Waals surface area contributed by atoms with E-state index in [1.807, 2.05) is 0 Å². The standard InChI is InChI=1S/C21H34N4O/c1-24-14-16-25(17-15-24)20-10-8-18(9-11-20)22-13-12-21(26)23-19-6-4-2-3-5-7-19/h8-11,19,22H,2-7,12-17H2,1H3,(H,23,26). The molecule has 1 aromatic carbocycles. The summed E-state index contributed by atoms with van der Waals surface area (Å²) in [5.74, 6) is 0.179. The number of anilines is 2. The van der Waals surface area contributed by atoms with Gasteiger partial charge in [-0.2, -0.15) is 0 Å². The average Bonchev–Trinajstić information content (AvgIpc) is 2.92. The molecule has 0 bridgehead atoms. The summed E-state index contributed by atoms with van der Waals surface area (Å²) in [5.41, 5.74) is 2.37. The summed E-state index contributed by atoms with van der Waals surface area (Å²) in [7, 11) is 2.18. The van der Waals surface area contributed by atoms with E-state index in [9.17, 15) is 4.79 Å². The predicted octanol–water partition coefficient (Wildman–Crippen LogP) is 3.08. The smallest absolute Gasteiger partial charge is 0.221 e. The summed E-state index contributed by atoms with van der Waals surface area (Å²) in [4.78, 5) is 16.9. The monoisotopic (exact) mass is 358 g/mol. The summed E-state index contributed by atoms with van der Waals surface area (Å²) >= 11 is 0. The Hall–Kier alpha value is -1.75. The van der Waals surface area contributed by atoms with Crippen LogP contribution >= 0.6 is 0 Å². The molecular formula is C21H34N4O. The van der Waals surface area contributed by atoms with Crippen LogP contribution in [0.2, 0.25) is 0 Å². The summed E-state index contributed by atoms with van der Waals surface area (Å²) in [6, 6.07) is 9.00. The van der Waals surface area contributed by atoms with E-state index in [1.165, 1.54) is 31.4 Å². The molecule has 1 saturated carbocycles. The van der Waals surface area contributed by atoms with Gasteiger partial charge in [0.15, 0.2) is 0 Å². The lowest BCUT2D eigenvalue weighted by Gasteiger charge is -2.34. The third-order valence-corrected chi connectivity index (χ3v) is 5.64. The molecule has 5 heteroatoms. The lowest BCUT2D eigenvalue weighted by Crippen LogP contribution is -2.44. The topological polar surface area (TPSA) is 47.6 Å². The van der Waals surface area contributed by atoms with Crippen LogP contribution in [0.4, 0.5) is 11.4 Å². The third-order valence-electron chi connectivity index (χ3n) is 5.64. The van der Waals surface area contributed by atoms with Gasteiger partial charge in [-0.25, -0.2) is 0 Å². The molecule has 26 heavy (non-hydrogen) atoms. The molecule has 144 valence electrons. The van der Waals surface area contributed by atoms with E-state index in [2.05, 4.69) is 51.7 Å². The van der Waals surface area contributed by atoms with E-state index in [0.717, 1.165) is 44.7 Å². The minimum absolute atomic E-state index is 0.179. The Labute approximate surface area is 158 Å². The Kier molecular flexibility index (Phi) is 7.18. The summed E-state index contributed by atoms with van der Waals surface area (Å²) < 4.78 is 0. The molecule has 1 saturated heterocycles. The van der Waals surface area contributed by atoms with E-state index in [0.29, 0.717) is 19.0 Å². The minimum Gasteiger partial charge on any atom is -0.385 e. The fourth-order valence-electron chi connectivity index (χ4n) is 3.90. The molecule has 1 amide bonds. The maximum absolute atomic E-state index is 12.1. The number of carbonyl (C=O) groups excluding carboxylic acids is 1. The molecule has 1 aliphatic heterocycles. The van der Waals surface area contributed by atoms with Gasteiger partial charge in [0, 0.05) is 56.6 Å². The van der Waals surface area contributed by atoms with Crippen molar-refractivity contribution in [3.05, 3.63) is 24.3 Å². The summed E-state index contributed by atoms with van der Waals surface area (Å²) in [5, 5.41) is 6.59. The van der Waals surface area contributed by atoms with E-state index < -0.39 is 0 Å². The molecule has 2 aliphatic rings. The average molecular weight is 359 g/mol. The quantitative estimate of drug-likeness (QED) is 0.767. The number of carbonyl (C=O) groups is 1. The van der Waals surface area contributed by atoms with Gasteiger partial charge in [0.2, 0.25) is 5.91 Å². The Morgan fingerprint density at radius 1 is 1.00 bits per heavy atom. The molecule has 1 aromatic rings. The second-order valence-electron chi connectivity index (χ2n) is 7.77. The summed E-state index contributed by atoms with van der Waals surface area (Å²) in [6.45, 7) is 5.11. The lowest BCUT2D eigenvalue weighted by molar-refractivity contribution is -0.121. The van der Waals surface area contributed by atoms with Gasteiger partial charge in [-0.05, 0) is 44.2 Å². The van der Waals surface area contributed by atoms with Crippen LogP contribution in [0.15, 0.2) is 24.3 Å². The number of hydrogen-bond acceptors (Lipinski definition) is 4. The molecule has 1 aliphatic carbocycles. The highest BCUT2D eigenvalue weighted by Gasteiger charge is 2.15. The van der Waals surface area contributed by atoms with Crippen molar-refractivity contribution >= 4 is 17.3 Å². The maximum atomic E-state index is 12.1. The number of rotatable bonds is 6. The van der Waals surface area contributed by atoms with Crippen LogP contribution in [0, 0.1) is 0 Å². The second-order valence-corrected chi connectivity index (χ2v) is 7.77. The zero-order valence-corrected chi connectivity index (χ0v) is 16.2.